The number of hydrogen-bond donors (Lipinski definition) is 2. The molecule has 1 amide bonds. The summed E-state index contributed by atoms with van der Waals surface area (Å²) in [6.45, 7) is 2.64. The summed E-state index contributed by atoms with van der Waals surface area (Å²) in [7, 11) is 0. The van der Waals surface area contributed by atoms with Crippen molar-refractivity contribution in [1.29, 1.82) is 0 Å². The van der Waals surface area contributed by atoms with Gasteiger partial charge in [0.05, 0.1) is 18.3 Å². The van der Waals surface area contributed by atoms with Gasteiger partial charge in [0.1, 0.15) is 5.56 Å². The molecule has 0 bridgehead atoms. The van der Waals surface area contributed by atoms with Gasteiger partial charge in [-0.1, -0.05) is 11.9 Å². The van der Waals surface area contributed by atoms with Crippen LogP contribution in [0.4, 0.5) is 5.69 Å². The van der Waals surface area contributed by atoms with E-state index in [1.165, 1.54) is 18.1 Å². The molecule has 0 saturated carbocycles. The maximum Gasteiger partial charge on any atom is 0.341 e. The van der Waals surface area contributed by atoms with Crippen LogP contribution in [0.25, 0.3) is 5.52 Å². The van der Waals surface area contributed by atoms with Crippen LogP contribution in [0.3, 0.4) is 0 Å². The minimum absolute atomic E-state index is 0.0944. The first-order valence-electron chi connectivity index (χ1n) is 6.86. The maximum atomic E-state index is 11.9. The van der Waals surface area contributed by atoms with Crippen molar-refractivity contribution in [2.45, 2.75) is 13.3 Å². The molecule has 2 rings (SSSR count). The molecule has 2 aromatic rings. The van der Waals surface area contributed by atoms with Gasteiger partial charge in [-0.05, 0) is 25.3 Å². The van der Waals surface area contributed by atoms with E-state index in [2.05, 4.69) is 15.1 Å². The van der Waals surface area contributed by atoms with E-state index in [0.29, 0.717) is 36.3 Å². The van der Waals surface area contributed by atoms with E-state index >= 15 is 0 Å². The molecule has 0 aromatic carbocycles. The fourth-order valence-corrected chi connectivity index (χ4v) is 2.22. The number of ether oxygens (including phenoxy) is 1. The molecule has 0 radical (unpaired) electrons. The number of carbonyl (C=O) groups excluding carboxylic acids is 2. The average Bonchev–Trinajstić information content (AvgIpc) is 2.91. The van der Waals surface area contributed by atoms with E-state index in [-0.39, 0.29) is 5.91 Å². The SMILES string of the molecule is CCOC(=O)c1cnn2ccc(NC(=O)CCNSC)cc12. The summed E-state index contributed by atoms with van der Waals surface area (Å²) in [4.78, 5) is 23.7. The van der Waals surface area contributed by atoms with Crippen molar-refractivity contribution in [1.82, 2.24) is 14.3 Å². The zero-order valence-corrected chi connectivity index (χ0v) is 13.3. The zero-order valence-electron chi connectivity index (χ0n) is 12.5. The molecule has 0 unspecified atom stereocenters. The number of nitrogens with zero attached hydrogens (tertiary/aromatic N) is 2. The molecule has 118 valence electrons. The highest BCUT2D eigenvalue weighted by molar-refractivity contribution is 7.96. The first kappa shape index (κ1) is 16.3. The standard InChI is InChI=1S/C14H18N4O3S/c1-3-21-14(20)11-9-15-18-7-5-10(8-12(11)18)17-13(19)4-6-16-22-2/h5,7-9,16H,3-4,6H2,1-2H3,(H,17,19). The molecule has 0 aliphatic rings. The topological polar surface area (TPSA) is 84.7 Å². The molecule has 7 nitrogen and oxygen atoms in total. The molecule has 0 spiro atoms. The number of fused-ring (bicyclic) bond motifs is 1. The van der Waals surface area contributed by atoms with Crippen LogP contribution >= 0.6 is 11.9 Å². The Bertz CT molecular complexity index is 671. The number of carbonyl (C=O) groups is 2. The number of esters is 1. The van der Waals surface area contributed by atoms with E-state index < -0.39 is 5.97 Å². The fraction of sp³-hybridized carbons (Fsp3) is 0.357. The summed E-state index contributed by atoms with van der Waals surface area (Å²) in [5.41, 5.74) is 1.59. The highest BCUT2D eigenvalue weighted by atomic mass is 32.2. The Morgan fingerprint density at radius 1 is 1.45 bits per heavy atom. The summed E-state index contributed by atoms with van der Waals surface area (Å²) < 4.78 is 9.57. The molecule has 0 aliphatic heterocycles. The minimum Gasteiger partial charge on any atom is -0.462 e. The Kier molecular flexibility index (Phi) is 5.79. The summed E-state index contributed by atoms with van der Waals surface area (Å²) in [5.74, 6) is -0.520. The zero-order chi connectivity index (χ0) is 15.9. The van der Waals surface area contributed by atoms with Crippen LogP contribution in [0.15, 0.2) is 24.5 Å². The van der Waals surface area contributed by atoms with Gasteiger partial charge in [-0.3, -0.25) is 9.52 Å². The van der Waals surface area contributed by atoms with E-state index in [1.54, 1.807) is 29.8 Å². The predicted octanol–water partition coefficient (Wildman–Crippen LogP) is 1.71. The first-order valence-corrected chi connectivity index (χ1v) is 8.08. The van der Waals surface area contributed by atoms with Gasteiger partial charge in [-0.2, -0.15) is 5.10 Å². The van der Waals surface area contributed by atoms with Crippen LogP contribution in [0, 0.1) is 0 Å². The number of hydrogen-bond acceptors (Lipinski definition) is 6. The van der Waals surface area contributed by atoms with E-state index in [0.717, 1.165) is 0 Å². The first-order chi connectivity index (χ1) is 10.7. The van der Waals surface area contributed by atoms with Gasteiger partial charge >= 0.3 is 5.97 Å². The number of rotatable bonds is 7. The van der Waals surface area contributed by atoms with Crippen LogP contribution in [-0.2, 0) is 9.53 Å². The van der Waals surface area contributed by atoms with Gasteiger partial charge in [0.2, 0.25) is 5.91 Å². The third kappa shape index (κ3) is 3.99. The summed E-state index contributed by atoms with van der Waals surface area (Å²) in [6, 6.07) is 3.44. The minimum atomic E-state index is -0.426. The molecular formula is C14H18N4O3S. The smallest absolute Gasteiger partial charge is 0.341 e. The lowest BCUT2D eigenvalue weighted by molar-refractivity contribution is -0.116. The third-order valence-corrected chi connectivity index (χ3v) is 3.39. The second-order valence-electron chi connectivity index (χ2n) is 4.42. The van der Waals surface area contributed by atoms with Crippen molar-refractivity contribution >= 4 is 35.0 Å². The molecular weight excluding hydrogens is 304 g/mol. The molecule has 0 fully saturated rings. The molecule has 8 heteroatoms. The molecule has 0 aliphatic carbocycles. The number of amides is 1. The highest BCUT2D eigenvalue weighted by Gasteiger charge is 2.14. The quantitative estimate of drug-likeness (QED) is 0.458. The van der Waals surface area contributed by atoms with Gasteiger partial charge in [-0.25, -0.2) is 9.31 Å². The summed E-state index contributed by atoms with van der Waals surface area (Å²) in [5, 5.41) is 6.89. The van der Waals surface area contributed by atoms with E-state index in [4.69, 9.17) is 4.74 Å². The van der Waals surface area contributed by atoms with Crippen molar-refractivity contribution in [3.05, 3.63) is 30.1 Å². The number of nitrogens with one attached hydrogen (secondary N) is 2. The van der Waals surface area contributed by atoms with Crippen molar-refractivity contribution in [2.24, 2.45) is 0 Å². The Balaban J connectivity index is 2.13. The molecule has 2 N–H and O–H groups in total. The largest absolute Gasteiger partial charge is 0.462 e. The molecule has 22 heavy (non-hydrogen) atoms. The van der Waals surface area contributed by atoms with Gasteiger partial charge in [0.15, 0.2) is 0 Å². The molecule has 2 heterocycles. The van der Waals surface area contributed by atoms with Crippen molar-refractivity contribution < 1.29 is 14.3 Å². The van der Waals surface area contributed by atoms with Crippen molar-refractivity contribution in [2.75, 3.05) is 24.7 Å². The summed E-state index contributed by atoms with van der Waals surface area (Å²) >= 11 is 1.47. The Hall–Kier alpha value is -2.06. The van der Waals surface area contributed by atoms with Crippen LogP contribution in [-0.4, -0.2) is 40.9 Å². The summed E-state index contributed by atoms with van der Waals surface area (Å²) in [6.07, 6.45) is 5.42. The lowest BCUT2D eigenvalue weighted by atomic mass is 10.2. The lowest BCUT2D eigenvalue weighted by Crippen LogP contribution is -2.17. The van der Waals surface area contributed by atoms with Gasteiger partial charge in [-0.15, -0.1) is 0 Å². The van der Waals surface area contributed by atoms with Gasteiger partial charge < -0.3 is 10.1 Å². The molecule has 0 saturated heterocycles. The fourth-order valence-electron chi connectivity index (χ4n) is 1.91. The number of aromatic nitrogens is 2. The molecule has 2 aromatic heterocycles. The van der Waals surface area contributed by atoms with Crippen LogP contribution in [0.2, 0.25) is 0 Å². The average molecular weight is 322 g/mol. The van der Waals surface area contributed by atoms with Crippen molar-refractivity contribution in [3.63, 3.8) is 0 Å². The maximum absolute atomic E-state index is 11.9. The number of pyridine rings is 1. The third-order valence-electron chi connectivity index (χ3n) is 2.90. The number of anilines is 1. The van der Waals surface area contributed by atoms with E-state index in [1.807, 2.05) is 6.26 Å². The van der Waals surface area contributed by atoms with Crippen molar-refractivity contribution in [3.8, 4) is 0 Å². The highest BCUT2D eigenvalue weighted by Crippen LogP contribution is 2.17. The van der Waals surface area contributed by atoms with E-state index in [9.17, 15) is 9.59 Å². The Morgan fingerprint density at radius 3 is 3.00 bits per heavy atom. The Labute approximate surface area is 132 Å². The van der Waals surface area contributed by atoms with Crippen LogP contribution < -0.4 is 10.0 Å². The van der Waals surface area contributed by atoms with Crippen LogP contribution in [0.1, 0.15) is 23.7 Å². The normalized spacial score (nSPS) is 10.6. The van der Waals surface area contributed by atoms with Gasteiger partial charge in [0, 0.05) is 24.8 Å². The van der Waals surface area contributed by atoms with Gasteiger partial charge in [0.25, 0.3) is 0 Å². The molecule has 0 atom stereocenters. The Morgan fingerprint density at radius 2 is 2.27 bits per heavy atom. The monoisotopic (exact) mass is 322 g/mol. The second kappa shape index (κ2) is 7.81. The van der Waals surface area contributed by atoms with Crippen LogP contribution in [0.5, 0.6) is 0 Å². The lowest BCUT2D eigenvalue weighted by Gasteiger charge is -2.06. The second-order valence-corrected chi connectivity index (χ2v) is 5.12. The predicted molar refractivity (Wildman–Crippen MR) is 85.9 cm³/mol.